The van der Waals surface area contributed by atoms with Crippen molar-refractivity contribution in [3.05, 3.63) is 35.1 Å². The standard InChI is InChI=1S/C10H9FO4/c1-15-10(14)9(13)8-3-2-7(11)4-6(8)5-12/h2-5,9,13H,1H3. The van der Waals surface area contributed by atoms with Gasteiger partial charge >= 0.3 is 5.97 Å². The van der Waals surface area contributed by atoms with Crippen molar-refractivity contribution in [1.29, 1.82) is 0 Å². The first-order chi connectivity index (χ1) is 7.10. The molecule has 1 atom stereocenters. The Bertz CT molecular complexity index is 389. The Morgan fingerprint density at radius 1 is 1.60 bits per heavy atom. The molecule has 0 aromatic heterocycles. The van der Waals surface area contributed by atoms with Crippen LogP contribution in [0.5, 0.6) is 0 Å². The summed E-state index contributed by atoms with van der Waals surface area (Å²) in [5.74, 6) is -1.51. The fourth-order valence-corrected chi connectivity index (χ4v) is 1.14. The molecule has 0 saturated heterocycles. The number of benzene rings is 1. The van der Waals surface area contributed by atoms with E-state index in [1.165, 1.54) is 6.07 Å². The lowest BCUT2D eigenvalue weighted by molar-refractivity contribution is -0.150. The highest BCUT2D eigenvalue weighted by molar-refractivity contribution is 5.83. The molecule has 0 aliphatic heterocycles. The minimum absolute atomic E-state index is 0.0262. The zero-order valence-corrected chi connectivity index (χ0v) is 7.94. The van der Waals surface area contributed by atoms with Crippen LogP contribution in [0.15, 0.2) is 18.2 Å². The van der Waals surface area contributed by atoms with Crippen LogP contribution in [-0.4, -0.2) is 24.5 Å². The molecule has 1 aromatic carbocycles. The molecule has 0 aliphatic rings. The maximum absolute atomic E-state index is 12.7. The SMILES string of the molecule is COC(=O)C(O)c1ccc(F)cc1C=O. The number of aliphatic hydroxyl groups is 1. The first kappa shape index (κ1) is 11.3. The van der Waals surface area contributed by atoms with E-state index in [-0.39, 0.29) is 11.1 Å². The van der Waals surface area contributed by atoms with Crippen LogP contribution < -0.4 is 0 Å². The third-order valence-electron chi connectivity index (χ3n) is 1.89. The molecule has 1 unspecified atom stereocenters. The van der Waals surface area contributed by atoms with E-state index in [0.29, 0.717) is 6.29 Å². The van der Waals surface area contributed by atoms with Crippen LogP contribution in [0.1, 0.15) is 22.0 Å². The normalized spacial score (nSPS) is 11.9. The average molecular weight is 212 g/mol. The summed E-state index contributed by atoms with van der Waals surface area (Å²) in [6.07, 6.45) is -1.21. The number of hydrogen-bond acceptors (Lipinski definition) is 4. The summed E-state index contributed by atoms with van der Waals surface area (Å²) in [6, 6.07) is 3.16. The van der Waals surface area contributed by atoms with Gasteiger partial charge in [-0.05, 0) is 12.1 Å². The molecule has 1 N–H and O–H groups in total. The van der Waals surface area contributed by atoms with E-state index in [0.717, 1.165) is 19.2 Å². The van der Waals surface area contributed by atoms with Gasteiger partial charge in [-0.25, -0.2) is 9.18 Å². The summed E-state index contributed by atoms with van der Waals surface area (Å²) in [7, 11) is 1.11. The number of halogens is 1. The number of aldehydes is 1. The van der Waals surface area contributed by atoms with Crippen molar-refractivity contribution in [1.82, 2.24) is 0 Å². The summed E-state index contributed by atoms with van der Waals surface area (Å²) in [4.78, 5) is 21.5. The molecule has 1 rings (SSSR count). The van der Waals surface area contributed by atoms with Crippen LogP contribution in [0, 0.1) is 5.82 Å². The van der Waals surface area contributed by atoms with Gasteiger partial charge in [-0.3, -0.25) is 4.79 Å². The molecule has 15 heavy (non-hydrogen) atoms. The van der Waals surface area contributed by atoms with Crippen LogP contribution >= 0.6 is 0 Å². The zero-order chi connectivity index (χ0) is 11.4. The maximum Gasteiger partial charge on any atom is 0.339 e. The first-order valence-corrected chi connectivity index (χ1v) is 4.10. The van der Waals surface area contributed by atoms with Gasteiger partial charge in [0.05, 0.1) is 7.11 Å². The van der Waals surface area contributed by atoms with Gasteiger partial charge in [-0.15, -0.1) is 0 Å². The molecule has 0 saturated carbocycles. The van der Waals surface area contributed by atoms with Crippen LogP contribution in [0.3, 0.4) is 0 Å². The first-order valence-electron chi connectivity index (χ1n) is 4.10. The molecular formula is C10H9FO4. The van der Waals surface area contributed by atoms with E-state index in [1.54, 1.807) is 0 Å². The monoisotopic (exact) mass is 212 g/mol. The van der Waals surface area contributed by atoms with Crippen LogP contribution in [-0.2, 0) is 9.53 Å². The van der Waals surface area contributed by atoms with Crippen molar-refractivity contribution in [3.8, 4) is 0 Å². The number of hydrogen-bond donors (Lipinski definition) is 1. The van der Waals surface area contributed by atoms with E-state index in [2.05, 4.69) is 4.74 Å². The lowest BCUT2D eigenvalue weighted by atomic mass is 10.0. The molecule has 0 spiro atoms. The average Bonchev–Trinajstić information content (AvgIpc) is 2.26. The number of esters is 1. The molecule has 0 amide bonds. The number of aliphatic hydroxyl groups excluding tert-OH is 1. The van der Waals surface area contributed by atoms with Gasteiger partial charge in [0.15, 0.2) is 12.4 Å². The van der Waals surface area contributed by atoms with E-state index in [4.69, 9.17) is 0 Å². The Balaban J connectivity index is 3.13. The van der Waals surface area contributed by atoms with E-state index in [9.17, 15) is 19.1 Å². The van der Waals surface area contributed by atoms with Crippen LogP contribution in [0.2, 0.25) is 0 Å². The molecule has 1 aromatic rings. The molecule has 0 fully saturated rings. The second-order valence-electron chi connectivity index (χ2n) is 2.82. The molecule has 4 nitrogen and oxygen atoms in total. The second-order valence-corrected chi connectivity index (χ2v) is 2.82. The summed E-state index contributed by atoms with van der Waals surface area (Å²) in [5.41, 5.74) is -0.0499. The topological polar surface area (TPSA) is 63.6 Å². The van der Waals surface area contributed by atoms with Crippen LogP contribution in [0.25, 0.3) is 0 Å². The quantitative estimate of drug-likeness (QED) is 0.595. The Morgan fingerprint density at radius 2 is 2.27 bits per heavy atom. The maximum atomic E-state index is 12.7. The van der Waals surface area contributed by atoms with Crippen molar-refractivity contribution >= 4 is 12.3 Å². The van der Waals surface area contributed by atoms with Gasteiger partial charge in [0.2, 0.25) is 0 Å². The van der Waals surface area contributed by atoms with Gasteiger partial charge in [0.1, 0.15) is 5.82 Å². The summed E-state index contributed by atoms with van der Waals surface area (Å²) in [5, 5.41) is 9.44. The van der Waals surface area contributed by atoms with E-state index in [1.807, 2.05) is 0 Å². The molecule has 0 bridgehead atoms. The highest BCUT2D eigenvalue weighted by Crippen LogP contribution is 2.19. The van der Waals surface area contributed by atoms with Crippen molar-refractivity contribution < 1.29 is 23.8 Å². The van der Waals surface area contributed by atoms with Crippen LogP contribution in [0.4, 0.5) is 4.39 Å². The van der Waals surface area contributed by atoms with E-state index >= 15 is 0 Å². The van der Waals surface area contributed by atoms with Gasteiger partial charge in [-0.2, -0.15) is 0 Å². The third kappa shape index (κ3) is 2.38. The van der Waals surface area contributed by atoms with Crippen molar-refractivity contribution in [2.75, 3.05) is 7.11 Å². The van der Waals surface area contributed by atoms with Crippen molar-refractivity contribution in [3.63, 3.8) is 0 Å². The summed E-state index contributed by atoms with van der Waals surface area (Å²) in [6.45, 7) is 0. The zero-order valence-electron chi connectivity index (χ0n) is 7.94. The fraction of sp³-hybridized carbons (Fsp3) is 0.200. The molecule has 0 radical (unpaired) electrons. The molecular weight excluding hydrogens is 203 g/mol. The van der Waals surface area contributed by atoms with Gasteiger partial charge in [0.25, 0.3) is 0 Å². The predicted octanol–water partition coefficient (Wildman–Crippen LogP) is 0.845. The Labute approximate surface area is 85.3 Å². The Hall–Kier alpha value is -1.75. The Morgan fingerprint density at radius 3 is 2.80 bits per heavy atom. The largest absolute Gasteiger partial charge is 0.467 e. The molecule has 80 valence electrons. The van der Waals surface area contributed by atoms with Gasteiger partial charge < -0.3 is 9.84 Å². The minimum atomic E-state index is -1.57. The summed E-state index contributed by atoms with van der Waals surface area (Å²) < 4.78 is 17.0. The minimum Gasteiger partial charge on any atom is -0.467 e. The van der Waals surface area contributed by atoms with Gasteiger partial charge in [-0.1, -0.05) is 6.07 Å². The summed E-state index contributed by atoms with van der Waals surface area (Å²) >= 11 is 0. The molecule has 0 heterocycles. The lowest BCUT2D eigenvalue weighted by Gasteiger charge is -2.10. The smallest absolute Gasteiger partial charge is 0.339 e. The van der Waals surface area contributed by atoms with Crippen molar-refractivity contribution in [2.45, 2.75) is 6.10 Å². The van der Waals surface area contributed by atoms with Crippen molar-refractivity contribution in [2.24, 2.45) is 0 Å². The van der Waals surface area contributed by atoms with E-state index < -0.39 is 17.9 Å². The lowest BCUT2D eigenvalue weighted by Crippen LogP contribution is -2.15. The second kappa shape index (κ2) is 4.65. The number of methoxy groups -OCH3 is 1. The fourth-order valence-electron chi connectivity index (χ4n) is 1.14. The highest BCUT2D eigenvalue weighted by atomic mass is 19.1. The molecule has 0 aliphatic carbocycles. The number of ether oxygens (including phenoxy) is 1. The number of carbonyl (C=O) groups excluding carboxylic acids is 2. The number of rotatable bonds is 3. The van der Waals surface area contributed by atoms with Gasteiger partial charge in [0, 0.05) is 11.1 Å². The number of carbonyl (C=O) groups is 2. The highest BCUT2D eigenvalue weighted by Gasteiger charge is 2.21. The third-order valence-corrected chi connectivity index (χ3v) is 1.89. The molecule has 5 heteroatoms. The Kier molecular flexibility index (Phi) is 3.51. The predicted molar refractivity (Wildman–Crippen MR) is 48.8 cm³/mol.